The van der Waals surface area contributed by atoms with Crippen molar-refractivity contribution in [2.45, 2.75) is 25.2 Å². The van der Waals surface area contributed by atoms with Gasteiger partial charge in [0.15, 0.2) is 0 Å². The van der Waals surface area contributed by atoms with Crippen LogP contribution in [0.15, 0.2) is 24.3 Å². The lowest BCUT2D eigenvalue weighted by Gasteiger charge is -2.44. The maximum Gasteiger partial charge on any atom is 0.405 e. The summed E-state index contributed by atoms with van der Waals surface area (Å²) in [5, 5.41) is 9.68. The third-order valence-corrected chi connectivity index (χ3v) is 3.86. The Bertz CT molecular complexity index is 533. The number of halogens is 3. The number of carbonyl (C=O) groups excluding carboxylic acids is 1. The molecule has 116 valence electrons. The second kappa shape index (κ2) is 5.55. The number of carbonyl (C=O) groups is 1. The van der Waals surface area contributed by atoms with Crippen LogP contribution in [0.3, 0.4) is 0 Å². The van der Waals surface area contributed by atoms with Gasteiger partial charge in [0.2, 0.25) is 0 Å². The molecule has 0 bridgehead atoms. The highest BCUT2D eigenvalue weighted by Crippen LogP contribution is 2.30. The highest BCUT2D eigenvalue weighted by molar-refractivity contribution is 5.96. The maximum atomic E-state index is 13.1. The molecule has 0 spiro atoms. The predicted molar refractivity (Wildman–Crippen MR) is 71.1 cm³/mol. The Morgan fingerprint density at radius 3 is 2.48 bits per heavy atom. The van der Waals surface area contributed by atoms with Gasteiger partial charge in [0.05, 0.1) is 5.56 Å². The molecule has 1 aliphatic heterocycles. The first-order chi connectivity index (χ1) is 9.71. The van der Waals surface area contributed by atoms with Crippen molar-refractivity contribution in [3.8, 4) is 5.75 Å². The lowest BCUT2D eigenvalue weighted by Crippen LogP contribution is -2.62. The first-order valence-electron chi connectivity index (χ1n) is 6.57. The quantitative estimate of drug-likeness (QED) is 0.864. The third kappa shape index (κ3) is 3.12. The zero-order valence-corrected chi connectivity index (χ0v) is 11.8. The molecule has 1 amide bonds. The molecule has 1 aromatic carbocycles. The molecule has 1 heterocycles. The number of phenols is 1. The van der Waals surface area contributed by atoms with Crippen molar-refractivity contribution < 1.29 is 23.1 Å². The average Bonchev–Trinajstić information content (AvgIpc) is 2.40. The first-order valence-corrected chi connectivity index (χ1v) is 6.57. The third-order valence-electron chi connectivity index (χ3n) is 3.86. The van der Waals surface area contributed by atoms with Crippen LogP contribution in [0.2, 0.25) is 0 Å². The molecule has 0 aromatic heterocycles. The number of rotatable bonds is 1. The second-order valence-corrected chi connectivity index (χ2v) is 5.30. The Kier molecular flexibility index (Phi) is 4.13. The van der Waals surface area contributed by atoms with Crippen molar-refractivity contribution in [1.29, 1.82) is 0 Å². The van der Waals surface area contributed by atoms with E-state index in [1.165, 1.54) is 24.1 Å². The monoisotopic (exact) mass is 302 g/mol. The summed E-state index contributed by atoms with van der Waals surface area (Å²) in [4.78, 5) is 14.7. The number of amides is 1. The lowest BCUT2D eigenvalue weighted by atomic mass is 10.1. The fourth-order valence-electron chi connectivity index (χ4n) is 2.49. The number of aromatic hydroxyl groups is 1. The molecule has 0 aliphatic carbocycles. The van der Waals surface area contributed by atoms with Gasteiger partial charge in [0.1, 0.15) is 11.8 Å². The molecule has 21 heavy (non-hydrogen) atoms. The minimum Gasteiger partial charge on any atom is -0.507 e. The van der Waals surface area contributed by atoms with Crippen molar-refractivity contribution in [1.82, 2.24) is 9.80 Å². The van der Waals surface area contributed by atoms with E-state index in [9.17, 15) is 23.1 Å². The number of hydrogen-bond donors (Lipinski definition) is 1. The fourth-order valence-corrected chi connectivity index (χ4v) is 2.49. The highest BCUT2D eigenvalue weighted by atomic mass is 19.4. The highest BCUT2D eigenvalue weighted by Gasteiger charge is 2.48. The Hall–Kier alpha value is -1.76. The maximum absolute atomic E-state index is 13.1. The van der Waals surface area contributed by atoms with Gasteiger partial charge in [-0.05, 0) is 26.1 Å². The van der Waals surface area contributed by atoms with E-state index in [1.807, 2.05) is 0 Å². The number of nitrogens with zero attached hydrogens (tertiary/aromatic N) is 2. The second-order valence-electron chi connectivity index (χ2n) is 5.30. The number of piperazine rings is 1. The van der Waals surface area contributed by atoms with Crippen LogP contribution in [0.5, 0.6) is 5.75 Å². The van der Waals surface area contributed by atoms with Crippen molar-refractivity contribution in [3.63, 3.8) is 0 Å². The van der Waals surface area contributed by atoms with Crippen LogP contribution < -0.4 is 0 Å². The summed E-state index contributed by atoms with van der Waals surface area (Å²) in [5.74, 6) is -0.806. The van der Waals surface area contributed by atoms with Crippen LogP contribution in [0, 0.1) is 0 Å². The van der Waals surface area contributed by atoms with Crippen LogP contribution in [0.25, 0.3) is 0 Å². The summed E-state index contributed by atoms with van der Waals surface area (Å²) in [7, 11) is 1.41. The van der Waals surface area contributed by atoms with Crippen molar-refractivity contribution in [2.24, 2.45) is 0 Å². The molecular formula is C14H17F3N2O2. The number of benzene rings is 1. The van der Waals surface area contributed by atoms with Crippen LogP contribution in [-0.4, -0.2) is 59.2 Å². The standard InChI is InChI=1S/C14H17F3N2O2/c1-9-7-19(8-12(18(9)2)14(15,16)17)13(21)10-5-3-4-6-11(10)20/h3-6,9,12,20H,7-8H2,1-2H3. The molecule has 1 N–H and O–H groups in total. The molecule has 1 aromatic rings. The Morgan fingerprint density at radius 2 is 1.90 bits per heavy atom. The number of para-hydroxylation sites is 1. The molecule has 1 aliphatic rings. The van der Waals surface area contributed by atoms with Gasteiger partial charge < -0.3 is 10.0 Å². The van der Waals surface area contributed by atoms with Gasteiger partial charge in [0.25, 0.3) is 5.91 Å². The zero-order valence-electron chi connectivity index (χ0n) is 11.8. The molecule has 1 saturated heterocycles. The van der Waals surface area contributed by atoms with E-state index in [2.05, 4.69) is 0 Å². The summed E-state index contributed by atoms with van der Waals surface area (Å²) < 4.78 is 39.2. The molecule has 1 fully saturated rings. The van der Waals surface area contributed by atoms with Gasteiger partial charge in [-0.1, -0.05) is 12.1 Å². The number of alkyl halides is 3. The largest absolute Gasteiger partial charge is 0.507 e. The summed E-state index contributed by atoms with van der Waals surface area (Å²) in [6.07, 6.45) is -4.40. The van der Waals surface area contributed by atoms with Gasteiger partial charge in [-0.2, -0.15) is 13.2 Å². The predicted octanol–water partition coefficient (Wildman–Crippen LogP) is 2.10. The van der Waals surface area contributed by atoms with E-state index >= 15 is 0 Å². The molecule has 0 radical (unpaired) electrons. The normalized spacial score (nSPS) is 24.1. The van der Waals surface area contributed by atoms with Gasteiger partial charge in [-0.3, -0.25) is 9.69 Å². The van der Waals surface area contributed by atoms with E-state index in [0.29, 0.717) is 0 Å². The Labute approximate surface area is 120 Å². The molecule has 7 heteroatoms. The van der Waals surface area contributed by atoms with Gasteiger partial charge in [-0.25, -0.2) is 0 Å². The van der Waals surface area contributed by atoms with Crippen LogP contribution in [0.4, 0.5) is 13.2 Å². The SMILES string of the molecule is CC1CN(C(=O)c2ccccc2O)CC(C(F)(F)F)N1C. The van der Waals surface area contributed by atoms with Crippen LogP contribution in [-0.2, 0) is 0 Å². The zero-order chi connectivity index (χ0) is 15.8. The summed E-state index contributed by atoms with van der Waals surface area (Å²) in [5.41, 5.74) is 0.0233. The van der Waals surface area contributed by atoms with Crippen LogP contribution in [0.1, 0.15) is 17.3 Å². The van der Waals surface area contributed by atoms with E-state index in [1.54, 1.807) is 19.1 Å². The fraction of sp³-hybridized carbons (Fsp3) is 0.500. The summed E-state index contributed by atoms with van der Waals surface area (Å²) in [6, 6.07) is 3.75. The molecule has 4 nitrogen and oxygen atoms in total. The Morgan fingerprint density at radius 1 is 1.29 bits per heavy atom. The number of phenolic OH excluding ortho intramolecular Hbond substituents is 1. The van der Waals surface area contributed by atoms with Gasteiger partial charge in [0, 0.05) is 19.1 Å². The molecule has 2 rings (SSSR count). The lowest BCUT2D eigenvalue weighted by molar-refractivity contribution is -0.197. The summed E-state index contributed by atoms with van der Waals surface area (Å²) >= 11 is 0. The minimum atomic E-state index is -4.40. The van der Waals surface area contributed by atoms with Crippen molar-refractivity contribution in [2.75, 3.05) is 20.1 Å². The molecule has 2 atom stereocenters. The molecule has 2 unspecified atom stereocenters. The molecule has 0 saturated carbocycles. The van der Waals surface area contributed by atoms with E-state index in [0.717, 1.165) is 4.90 Å². The topological polar surface area (TPSA) is 43.8 Å². The van der Waals surface area contributed by atoms with Crippen molar-refractivity contribution >= 4 is 5.91 Å². The number of likely N-dealkylation sites (N-methyl/N-ethyl adjacent to an activating group) is 1. The van der Waals surface area contributed by atoms with Gasteiger partial charge >= 0.3 is 6.18 Å². The molecular weight excluding hydrogens is 285 g/mol. The smallest absolute Gasteiger partial charge is 0.405 e. The number of hydrogen-bond acceptors (Lipinski definition) is 3. The van der Waals surface area contributed by atoms with E-state index in [-0.39, 0.29) is 17.9 Å². The van der Waals surface area contributed by atoms with Crippen molar-refractivity contribution in [3.05, 3.63) is 29.8 Å². The minimum absolute atomic E-state index is 0.0233. The Balaban J connectivity index is 2.25. The average molecular weight is 302 g/mol. The first kappa shape index (κ1) is 15.6. The van der Waals surface area contributed by atoms with Crippen LogP contribution >= 0.6 is 0 Å². The van der Waals surface area contributed by atoms with Gasteiger partial charge in [-0.15, -0.1) is 0 Å². The van der Waals surface area contributed by atoms with E-state index in [4.69, 9.17) is 0 Å². The summed E-state index contributed by atoms with van der Waals surface area (Å²) in [6.45, 7) is 1.40. The van der Waals surface area contributed by atoms with E-state index < -0.39 is 30.7 Å².